The highest BCUT2D eigenvalue weighted by Gasteiger charge is 2.11. The van der Waals surface area contributed by atoms with Crippen LogP contribution in [0.2, 0.25) is 0 Å². The predicted molar refractivity (Wildman–Crippen MR) is 103 cm³/mol. The number of halogens is 1. The summed E-state index contributed by atoms with van der Waals surface area (Å²) in [6.45, 7) is 3.86. The molecule has 27 heavy (non-hydrogen) atoms. The molecule has 4 nitrogen and oxygen atoms in total. The van der Waals surface area contributed by atoms with Gasteiger partial charge in [-0.2, -0.15) is 0 Å². The van der Waals surface area contributed by atoms with Crippen LogP contribution < -0.4 is 5.63 Å². The molecule has 3 aromatic rings. The van der Waals surface area contributed by atoms with Crippen LogP contribution >= 0.6 is 11.8 Å². The maximum Gasteiger partial charge on any atom is 0.336 e. The summed E-state index contributed by atoms with van der Waals surface area (Å²) in [5.41, 5.74) is 2.62. The molecule has 2 aromatic carbocycles. The van der Waals surface area contributed by atoms with Crippen LogP contribution in [-0.2, 0) is 16.1 Å². The molecular formula is C21H19FO4S. The molecule has 1 heterocycles. The van der Waals surface area contributed by atoms with Gasteiger partial charge >= 0.3 is 11.6 Å². The number of hydrogen-bond donors (Lipinski definition) is 0. The van der Waals surface area contributed by atoms with E-state index < -0.39 is 5.63 Å². The standard InChI is InChI=1S/C21H19FO4S/c1-13-3-8-18-15(11-20(24)26-21(18)14(13)2)12-25-19(23)9-10-27-17-6-4-16(22)5-7-17/h3-8,11H,9-10,12H2,1-2H3. The van der Waals surface area contributed by atoms with Crippen LogP contribution in [-0.4, -0.2) is 11.7 Å². The van der Waals surface area contributed by atoms with Gasteiger partial charge in [-0.3, -0.25) is 4.79 Å². The molecule has 0 aliphatic rings. The van der Waals surface area contributed by atoms with Gasteiger partial charge in [-0.1, -0.05) is 12.1 Å². The van der Waals surface area contributed by atoms with Crippen LogP contribution in [0.3, 0.4) is 0 Å². The van der Waals surface area contributed by atoms with E-state index in [9.17, 15) is 14.0 Å². The minimum absolute atomic E-state index is 0.0185. The number of hydrogen-bond acceptors (Lipinski definition) is 5. The average molecular weight is 386 g/mol. The van der Waals surface area contributed by atoms with Crippen LogP contribution in [0, 0.1) is 19.7 Å². The van der Waals surface area contributed by atoms with Gasteiger partial charge < -0.3 is 9.15 Å². The lowest BCUT2D eigenvalue weighted by Crippen LogP contribution is -2.08. The van der Waals surface area contributed by atoms with E-state index >= 15 is 0 Å². The minimum atomic E-state index is -0.464. The van der Waals surface area contributed by atoms with Crippen LogP contribution in [0.4, 0.5) is 4.39 Å². The van der Waals surface area contributed by atoms with E-state index in [1.165, 1.54) is 30.0 Å². The Labute approximate surface area is 160 Å². The summed E-state index contributed by atoms with van der Waals surface area (Å²) >= 11 is 1.46. The molecule has 0 bridgehead atoms. The van der Waals surface area contributed by atoms with Crippen LogP contribution in [0.1, 0.15) is 23.1 Å². The first-order valence-corrected chi connectivity index (χ1v) is 9.49. The third kappa shape index (κ3) is 4.77. The zero-order valence-corrected chi connectivity index (χ0v) is 15.9. The molecule has 1 aromatic heterocycles. The van der Waals surface area contributed by atoms with E-state index in [0.717, 1.165) is 21.4 Å². The Morgan fingerprint density at radius 3 is 2.63 bits per heavy atom. The van der Waals surface area contributed by atoms with Crippen molar-refractivity contribution in [3.05, 3.63) is 75.4 Å². The largest absolute Gasteiger partial charge is 0.461 e. The van der Waals surface area contributed by atoms with E-state index in [2.05, 4.69) is 0 Å². The molecule has 0 aliphatic carbocycles. The number of fused-ring (bicyclic) bond motifs is 1. The zero-order chi connectivity index (χ0) is 19.4. The summed E-state index contributed by atoms with van der Waals surface area (Å²) in [6.07, 6.45) is 0.222. The molecule has 0 radical (unpaired) electrons. The fourth-order valence-corrected chi connectivity index (χ4v) is 3.49. The molecule has 3 rings (SSSR count). The summed E-state index contributed by atoms with van der Waals surface area (Å²) in [7, 11) is 0. The number of carbonyl (C=O) groups excluding carboxylic acids is 1. The summed E-state index contributed by atoms with van der Waals surface area (Å²) in [5, 5.41) is 0.770. The van der Waals surface area contributed by atoms with Gasteiger partial charge in [-0.25, -0.2) is 9.18 Å². The monoisotopic (exact) mass is 386 g/mol. The maximum atomic E-state index is 12.9. The molecule has 0 N–H and O–H groups in total. The van der Waals surface area contributed by atoms with Crippen molar-refractivity contribution in [2.24, 2.45) is 0 Å². The molecule has 0 spiro atoms. The van der Waals surface area contributed by atoms with Gasteiger partial charge in [0.25, 0.3) is 0 Å². The quantitative estimate of drug-likeness (QED) is 0.347. The second-order valence-electron chi connectivity index (χ2n) is 6.19. The normalized spacial score (nSPS) is 10.9. The Morgan fingerprint density at radius 1 is 1.15 bits per heavy atom. The highest BCUT2D eigenvalue weighted by Crippen LogP contribution is 2.24. The molecule has 6 heteroatoms. The van der Waals surface area contributed by atoms with Gasteiger partial charge in [0.05, 0.1) is 6.42 Å². The van der Waals surface area contributed by atoms with Gasteiger partial charge in [-0.15, -0.1) is 11.8 Å². The molecule has 0 saturated heterocycles. The fraction of sp³-hybridized carbons (Fsp3) is 0.238. The topological polar surface area (TPSA) is 56.5 Å². The summed E-state index contributed by atoms with van der Waals surface area (Å²) in [4.78, 5) is 24.7. The molecule has 0 unspecified atom stereocenters. The van der Waals surface area contributed by atoms with Crippen molar-refractivity contribution in [1.82, 2.24) is 0 Å². The number of aryl methyl sites for hydroxylation is 2. The van der Waals surface area contributed by atoms with E-state index in [-0.39, 0.29) is 24.8 Å². The highest BCUT2D eigenvalue weighted by molar-refractivity contribution is 7.99. The van der Waals surface area contributed by atoms with Crippen LogP contribution in [0.5, 0.6) is 0 Å². The summed E-state index contributed by atoms with van der Waals surface area (Å²) < 4.78 is 23.5. The number of thioether (sulfide) groups is 1. The number of ether oxygens (including phenoxy) is 1. The Hall–Kier alpha value is -2.60. The highest BCUT2D eigenvalue weighted by atomic mass is 32.2. The van der Waals surface area contributed by atoms with Gasteiger partial charge in [0.2, 0.25) is 0 Å². The number of rotatable bonds is 6. The second-order valence-corrected chi connectivity index (χ2v) is 7.36. The van der Waals surface area contributed by atoms with Crippen molar-refractivity contribution in [2.45, 2.75) is 31.8 Å². The van der Waals surface area contributed by atoms with Crippen molar-refractivity contribution >= 4 is 28.7 Å². The van der Waals surface area contributed by atoms with Crippen molar-refractivity contribution in [2.75, 3.05) is 5.75 Å². The van der Waals surface area contributed by atoms with Crippen LogP contribution in [0.15, 0.2) is 56.6 Å². The van der Waals surface area contributed by atoms with Crippen molar-refractivity contribution in [3.8, 4) is 0 Å². The average Bonchev–Trinajstić information content (AvgIpc) is 2.65. The van der Waals surface area contributed by atoms with Gasteiger partial charge in [0.1, 0.15) is 18.0 Å². The third-order valence-electron chi connectivity index (χ3n) is 4.29. The van der Waals surface area contributed by atoms with Gasteiger partial charge in [-0.05, 0) is 49.2 Å². The zero-order valence-electron chi connectivity index (χ0n) is 15.1. The molecule has 0 amide bonds. The van der Waals surface area contributed by atoms with Crippen molar-refractivity contribution in [3.63, 3.8) is 0 Å². The first-order valence-electron chi connectivity index (χ1n) is 8.51. The van der Waals surface area contributed by atoms with E-state index in [1.54, 1.807) is 12.1 Å². The van der Waals surface area contributed by atoms with E-state index in [0.29, 0.717) is 16.9 Å². The molecule has 0 fully saturated rings. The van der Waals surface area contributed by atoms with Gasteiger partial charge in [0, 0.05) is 27.7 Å². The second kappa shape index (κ2) is 8.39. The molecule has 0 saturated carbocycles. The minimum Gasteiger partial charge on any atom is -0.461 e. The van der Waals surface area contributed by atoms with Crippen molar-refractivity contribution < 1.29 is 18.3 Å². The maximum absolute atomic E-state index is 12.9. The van der Waals surface area contributed by atoms with E-state index in [4.69, 9.17) is 9.15 Å². The lowest BCUT2D eigenvalue weighted by atomic mass is 10.0. The Morgan fingerprint density at radius 2 is 1.89 bits per heavy atom. The fourth-order valence-electron chi connectivity index (χ4n) is 2.66. The molecule has 140 valence electrons. The summed E-state index contributed by atoms with van der Waals surface area (Å²) in [6, 6.07) is 11.3. The number of carbonyl (C=O) groups is 1. The Balaban J connectivity index is 1.61. The SMILES string of the molecule is Cc1ccc2c(COC(=O)CCSc3ccc(F)cc3)cc(=O)oc2c1C. The predicted octanol–water partition coefficient (Wildman–Crippen LogP) is 4.77. The Kier molecular flexibility index (Phi) is 5.96. The number of benzene rings is 2. The lowest BCUT2D eigenvalue weighted by molar-refractivity contribution is -0.144. The molecular weight excluding hydrogens is 367 g/mol. The number of esters is 1. The Bertz CT molecular complexity index is 1020. The first kappa shape index (κ1) is 19.2. The van der Waals surface area contributed by atoms with Crippen molar-refractivity contribution in [1.29, 1.82) is 0 Å². The first-order chi connectivity index (χ1) is 12.9. The summed E-state index contributed by atoms with van der Waals surface area (Å²) in [5.74, 6) is -0.112. The molecule has 0 aliphatic heterocycles. The lowest BCUT2D eigenvalue weighted by Gasteiger charge is -2.10. The smallest absolute Gasteiger partial charge is 0.336 e. The van der Waals surface area contributed by atoms with Crippen LogP contribution in [0.25, 0.3) is 11.0 Å². The third-order valence-corrected chi connectivity index (χ3v) is 5.31. The van der Waals surface area contributed by atoms with E-state index in [1.807, 2.05) is 26.0 Å². The van der Waals surface area contributed by atoms with Gasteiger partial charge in [0.15, 0.2) is 0 Å². The molecule has 0 atom stereocenters.